The molecule has 0 bridgehead atoms. The van der Waals surface area contributed by atoms with E-state index in [1.54, 1.807) is 12.1 Å². The first-order chi connectivity index (χ1) is 19.9. The van der Waals surface area contributed by atoms with Crippen LogP contribution in [0.3, 0.4) is 0 Å². The lowest BCUT2D eigenvalue weighted by molar-refractivity contribution is 0.0175. The van der Waals surface area contributed by atoms with Gasteiger partial charge in [0.15, 0.2) is 5.65 Å². The van der Waals surface area contributed by atoms with Gasteiger partial charge in [0.1, 0.15) is 6.07 Å². The van der Waals surface area contributed by atoms with E-state index >= 15 is 0 Å². The van der Waals surface area contributed by atoms with Gasteiger partial charge in [0.05, 0.1) is 22.3 Å². The Hall–Kier alpha value is -4.32. The van der Waals surface area contributed by atoms with E-state index in [0.717, 1.165) is 55.5 Å². The number of alkyl halides is 3. The number of anilines is 1. The van der Waals surface area contributed by atoms with E-state index in [1.165, 1.54) is 12.1 Å². The highest BCUT2D eigenvalue weighted by Crippen LogP contribution is 2.41. The Kier molecular flexibility index (Phi) is 7.16. The van der Waals surface area contributed by atoms with Crippen LogP contribution >= 0.6 is 11.6 Å². The van der Waals surface area contributed by atoms with Gasteiger partial charge in [-0.15, -0.1) is 11.6 Å². The number of halogens is 3. The zero-order valence-corrected chi connectivity index (χ0v) is 23.1. The summed E-state index contributed by atoms with van der Waals surface area (Å²) in [4.78, 5) is 7.14. The van der Waals surface area contributed by atoms with Gasteiger partial charge >= 0.3 is 0 Å². The second kappa shape index (κ2) is 10.9. The van der Waals surface area contributed by atoms with Gasteiger partial charge < -0.3 is 10.2 Å². The number of H-pyrrole nitrogens is 1. The highest BCUT2D eigenvalue weighted by atomic mass is 35.5. The van der Waals surface area contributed by atoms with E-state index in [-0.39, 0.29) is 5.56 Å². The number of hydrogen-bond acceptors (Lipinski definition) is 5. The maximum absolute atomic E-state index is 13.9. The molecule has 2 aromatic heterocycles. The lowest BCUT2D eigenvalue weighted by atomic mass is 9.91. The van der Waals surface area contributed by atoms with Crippen LogP contribution in [0.2, 0.25) is 0 Å². The summed E-state index contributed by atoms with van der Waals surface area (Å²) in [6.45, 7) is 4.57. The summed E-state index contributed by atoms with van der Waals surface area (Å²) in [6, 6.07) is 24.3. The van der Waals surface area contributed by atoms with Crippen molar-refractivity contribution in [3.63, 3.8) is 0 Å². The minimum atomic E-state index is -2.95. The lowest BCUT2D eigenvalue weighted by Gasteiger charge is -2.29. The first-order valence-electron chi connectivity index (χ1n) is 13.4. The van der Waals surface area contributed by atoms with E-state index in [2.05, 4.69) is 38.6 Å². The highest BCUT2D eigenvalue weighted by Gasteiger charge is 2.26. The molecule has 0 amide bonds. The number of pyridine rings is 1. The summed E-state index contributed by atoms with van der Waals surface area (Å²) in [5.74, 6) is -2.57. The molecule has 1 fully saturated rings. The molecular weight excluding hydrogens is 542 g/mol. The van der Waals surface area contributed by atoms with Crippen LogP contribution in [0.1, 0.15) is 23.6 Å². The molecule has 0 spiro atoms. The number of nitriles is 1. The number of nitrogens with one attached hydrogen (secondary N) is 2. The SMILES string of the molecule is CC(F)(F)c1ccc(-c2[nH]nc3nc(-c4ccc(CCl)cc4)c(C#N)c(-c4ccc(N5CCNCC5)cc4)c23)cc1. The van der Waals surface area contributed by atoms with Crippen LogP contribution in [0.5, 0.6) is 0 Å². The van der Waals surface area contributed by atoms with E-state index in [1.807, 2.05) is 36.4 Å². The van der Waals surface area contributed by atoms with E-state index in [0.29, 0.717) is 45.0 Å². The Balaban J connectivity index is 1.56. The van der Waals surface area contributed by atoms with Crippen molar-refractivity contribution in [3.8, 4) is 39.7 Å². The van der Waals surface area contributed by atoms with Crippen LogP contribution in [-0.2, 0) is 11.8 Å². The van der Waals surface area contributed by atoms with Crippen molar-refractivity contribution in [1.82, 2.24) is 20.5 Å². The van der Waals surface area contributed by atoms with Gasteiger partial charge in [-0.3, -0.25) is 5.10 Å². The minimum absolute atomic E-state index is 0.0766. The zero-order chi connectivity index (χ0) is 28.6. The Morgan fingerprint density at radius 1 is 0.927 bits per heavy atom. The molecule has 0 radical (unpaired) electrons. The largest absolute Gasteiger partial charge is 0.369 e. The van der Waals surface area contributed by atoms with Gasteiger partial charge in [-0.05, 0) is 23.3 Å². The maximum atomic E-state index is 13.9. The second-order valence-corrected chi connectivity index (χ2v) is 10.5. The van der Waals surface area contributed by atoms with Crippen LogP contribution in [0.25, 0.3) is 44.7 Å². The van der Waals surface area contributed by atoms with Gasteiger partial charge in [-0.2, -0.15) is 10.4 Å². The predicted molar refractivity (Wildman–Crippen MR) is 159 cm³/mol. The molecule has 206 valence electrons. The monoisotopic (exact) mass is 568 g/mol. The molecule has 5 aromatic rings. The van der Waals surface area contributed by atoms with Crippen molar-refractivity contribution in [2.24, 2.45) is 0 Å². The van der Waals surface area contributed by atoms with E-state index in [9.17, 15) is 14.0 Å². The summed E-state index contributed by atoms with van der Waals surface area (Å²) in [5, 5.41) is 22.1. The second-order valence-electron chi connectivity index (χ2n) is 10.2. The third-order valence-corrected chi connectivity index (χ3v) is 7.82. The fourth-order valence-corrected chi connectivity index (χ4v) is 5.49. The standard InChI is InChI=1S/C32H27ClF2N6/c1-32(34,35)24-10-6-23(7-11-24)30-28-27(21-8-12-25(13-9-21)41-16-14-37-15-17-41)26(19-36)29(38-31(28)40-39-30)22-4-2-20(18-33)3-5-22/h2-13,37H,14-18H2,1H3,(H,38,39,40). The summed E-state index contributed by atoms with van der Waals surface area (Å²) in [5.41, 5.74) is 6.93. The minimum Gasteiger partial charge on any atom is -0.369 e. The van der Waals surface area contributed by atoms with E-state index in [4.69, 9.17) is 16.6 Å². The number of nitrogens with zero attached hydrogens (tertiary/aromatic N) is 4. The molecule has 1 aliphatic heterocycles. The highest BCUT2D eigenvalue weighted by molar-refractivity contribution is 6.17. The smallest absolute Gasteiger partial charge is 0.270 e. The topological polar surface area (TPSA) is 80.6 Å². The molecule has 41 heavy (non-hydrogen) atoms. The third kappa shape index (κ3) is 5.15. The molecule has 0 saturated carbocycles. The molecule has 6 nitrogen and oxygen atoms in total. The molecule has 0 unspecified atom stereocenters. The molecule has 0 aliphatic carbocycles. The number of aromatic nitrogens is 3. The number of piperazine rings is 1. The zero-order valence-electron chi connectivity index (χ0n) is 22.4. The fourth-order valence-electron chi connectivity index (χ4n) is 5.31. The fraction of sp³-hybridized carbons (Fsp3) is 0.219. The molecule has 3 heterocycles. The van der Waals surface area contributed by atoms with Crippen LogP contribution in [-0.4, -0.2) is 41.4 Å². The van der Waals surface area contributed by atoms with Crippen LogP contribution in [0.4, 0.5) is 14.5 Å². The van der Waals surface area contributed by atoms with Crippen molar-refractivity contribution in [2.75, 3.05) is 31.1 Å². The predicted octanol–water partition coefficient (Wildman–Crippen LogP) is 7.09. The van der Waals surface area contributed by atoms with Gasteiger partial charge in [-0.1, -0.05) is 60.7 Å². The van der Waals surface area contributed by atoms with Gasteiger partial charge in [0.25, 0.3) is 5.92 Å². The Morgan fingerprint density at radius 2 is 1.56 bits per heavy atom. The Morgan fingerprint density at radius 3 is 2.17 bits per heavy atom. The summed E-state index contributed by atoms with van der Waals surface area (Å²) in [7, 11) is 0. The van der Waals surface area contributed by atoms with Crippen molar-refractivity contribution in [1.29, 1.82) is 5.26 Å². The van der Waals surface area contributed by atoms with Crippen LogP contribution in [0, 0.1) is 11.3 Å². The molecule has 1 saturated heterocycles. The number of hydrogen-bond donors (Lipinski definition) is 2. The first kappa shape index (κ1) is 26.9. The average molecular weight is 569 g/mol. The van der Waals surface area contributed by atoms with Crippen LogP contribution < -0.4 is 10.2 Å². The first-order valence-corrected chi connectivity index (χ1v) is 13.9. The number of rotatable bonds is 6. The quantitative estimate of drug-likeness (QED) is 0.214. The van der Waals surface area contributed by atoms with E-state index < -0.39 is 5.92 Å². The summed E-state index contributed by atoms with van der Waals surface area (Å²) < 4.78 is 27.8. The molecule has 1 aliphatic rings. The molecule has 2 N–H and O–H groups in total. The summed E-state index contributed by atoms with van der Waals surface area (Å²) >= 11 is 6.00. The van der Waals surface area contributed by atoms with Crippen molar-refractivity contribution < 1.29 is 8.78 Å². The normalized spacial score (nSPS) is 13.9. The van der Waals surface area contributed by atoms with Crippen molar-refractivity contribution in [2.45, 2.75) is 18.7 Å². The van der Waals surface area contributed by atoms with Crippen molar-refractivity contribution >= 4 is 28.3 Å². The molecule has 0 atom stereocenters. The molecule has 9 heteroatoms. The number of benzene rings is 3. The number of fused-ring (bicyclic) bond motifs is 1. The Labute approximate surface area is 241 Å². The lowest BCUT2D eigenvalue weighted by Crippen LogP contribution is -2.43. The molecular formula is C32H27ClF2N6. The average Bonchev–Trinajstić information content (AvgIpc) is 3.44. The number of aromatic amines is 1. The third-order valence-electron chi connectivity index (χ3n) is 7.51. The van der Waals surface area contributed by atoms with Gasteiger partial charge in [-0.25, -0.2) is 13.8 Å². The molecule has 3 aromatic carbocycles. The molecule has 6 rings (SSSR count). The Bertz CT molecular complexity index is 1730. The summed E-state index contributed by atoms with van der Waals surface area (Å²) in [6.07, 6.45) is 0. The maximum Gasteiger partial charge on any atom is 0.270 e. The van der Waals surface area contributed by atoms with Gasteiger partial charge in [0.2, 0.25) is 0 Å². The van der Waals surface area contributed by atoms with Crippen molar-refractivity contribution in [3.05, 3.63) is 89.5 Å². The van der Waals surface area contributed by atoms with Gasteiger partial charge in [0, 0.05) is 66.9 Å². The van der Waals surface area contributed by atoms with Crippen LogP contribution in [0.15, 0.2) is 72.8 Å².